The predicted molar refractivity (Wildman–Crippen MR) is 130 cm³/mol. The number of hydrogen-bond donors (Lipinski definition) is 0. The summed E-state index contributed by atoms with van der Waals surface area (Å²) in [4.78, 5) is 26.1. The second-order valence-electron chi connectivity index (χ2n) is 7.94. The zero-order valence-corrected chi connectivity index (χ0v) is 19.0. The van der Waals surface area contributed by atoms with Crippen molar-refractivity contribution in [3.05, 3.63) is 99.2 Å². The molecule has 166 valence electrons. The summed E-state index contributed by atoms with van der Waals surface area (Å²) in [7, 11) is 1.57. The van der Waals surface area contributed by atoms with E-state index in [2.05, 4.69) is 0 Å². The number of fused-ring (bicyclic) bond motifs is 1. The molecule has 0 aliphatic heterocycles. The number of esters is 1. The van der Waals surface area contributed by atoms with Crippen molar-refractivity contribution in [2.45, 2.75) is 20.8 Å². The number of benzene rings is 3. The van der Waals surface area contributed by atoms with Gasteiger partial charge in [0.15, 0.2) is 5.76 Å². The first-order valence-corrected chi connectivity index (χ1v) is 10.5. The summed E-state index contributed by atoms with van der Waals surface area (Å²) in [5.74, 6) is 0.0466. The van der Waals surface area contributed by atoms with Crippen LogP contribution in [0, 0.1) is 20.8 Å². The third kappa shape index (κ3) is 4.72. The summed E-state index contributed by atoms with van der Waals surface area (Å²) in [5.41, 5.74) is 4.35. The van der Waals surface area contributed by atoms with Gasteiger partial charge in [-0.05, 0) is 73.9 Å². The fourth-order valence-corrected chi connectivity index (χ4v) is 3.67. The van der Waals surface area contributed by atoms with E-state index >= 15 is 0 Å². The minimum absolute atomic E-state index is 0.141. The van der Waals surface area contributed by atoms with Gasteiger partial charge in [-0.25, -0.2) is 4.79 Å². The molecule has 1 aromatic heterocycles. The van der Waals surface area contributed by atoms with E-state index in [-0.39, 0.29) is 11.5 Å². The van der Waals surface area contributed by atoms with Crippen LogP contribution in [0.4, 0.5) is 0 Å². The monoisotopic (exact) mass is 440 g/mol. The third-order valence-corrected chi connectivity index (χ3v) is 5.34. The molecule has 0 spiro atoms. The minimum atomic E-state index is -0.665. The van der Waals surface area contributed by atoms with Gasteiger partial charge in [0, 0.05) is 11.6 Å². The summed E-state index contributed by atoms with van der Waals surface area (Å²) in [6.07, 6.45) is 2.94. The zero-order valence-electron chi connectivity index (χ0n) is 19.0. The molecule has 0 aliphatic rings. The minimum Gasteiger partial charge on any atom is -0.497 e. The maximum Gasteiger partial charge on any atom is 0.336 e. The average Bonchev–Trinajstić information content (AvgIpc) is 2.80. The van der Waals surface area contributed by atoms with Crippen molar-refractivity contribution in [3.63, 3.8) is 0 Å². The summed E-state index contributed by atoms with van der Waals surface area (Å²) in [6, 6.07) is 18.4. The third-order valence-electron chi connectivity index (χ3n) is 5.34. The quantitative estimate of drug-likeness (QED) is 0.281. The number of methoxy groups -OCH3 is 1. The van der Waals surface area contributed by atoms with Gasteiger partial charge in [0.05, 0.1) is 12.5 Å². The van der Waals surface area contributed by atoms with E-state index in [4.69, 9.17) is 13.9 Å². The number of carbonyl (C=O) groups excluding carboxylic acids is 1. The molecular weight excluding hydrogens is 416 g/mol. The highest BCUT2D eigenvalue weighted by Gasteiger charge is 2.21. The van der Waals surface area contributed by atoms with E-state index in [9.17, 15) is 9.59 Å². The van der Waals surface area contributed by atoms with Gasteiger partial charge in [0.25, 0.3) is 0 Å². The van der Waals surface area contributed by atoms with E-state index in [0.717, 1.165) is 22.3 Å². The van der Waals surface area contributed by atoms with Crippen LogP contribution in [0.3, 0.4) is 0 Å². The standard InChI is InChI=1S/C28H24O5/c1-17-5-7-20(8-6-17)9-14-24(29)33-28-26(30)25-19(3)15-18(2)16-23(25)32-27(28)21-10-12-22(31-4)13-11-21/h5-16H,1-4H3/b14-9+. The largest absolute Gasteiger partial charge is 0.497 e. The second-order valence-corrected chi connectivity index (χ2v) is 7.94. The molecular formula is C28H24O5. The highest BCUT2D eigenvalue weighted by atomic mass is 16.5. The van der Waals surface area contributed by atoms with Crippen LogP contribution in [0.1, 0.15) is 22.3 Å². The molecule has 1 heterocycles. The molecule has 0 saturated heterocycles. The van der Waals surface area contributed by atoms with E-state index in [0.29, 0.717) is 22.3 Å². The SMILES string of the molecule is COc1ccc(-c2oc3cc(C)cc(C)c3c(=O)c2OC(=O)/C=C/c2ccc(C)cc2)cc1. The molecule has 0 aliphatic carbocycles. The number of aryl methyl sites for hydroxylation is 3. The number of carbonyl (C=O) groups is 1. The molecule has 0 N–H and O–H groups in total. The Morgan fingerprint density at radius 1 is 0.909 bits per heavy atom. The molecule has 4 aromatic rings. The number of hydrogen-bond acceptors (Lipinski definition) is 5. The topological polar surface area (TPSA) is 65.7 Å². The lowest BCUT2D eigenvalue weighted by Gasteiger charge is -2.12. The lowest BCUT2D eigenvalue weighted by atomic mass is 10.0. The molecule has 5 nitrogen and oxygen atoms in total. The van der Waals surface area contributed by atoms with E-state index < -0.39 is 11.4 Å². The van der Waals surface area contributed by atoms with Gasteiger partial charge < -0.3 is 13.9 Å². The van der Waals surface area contributed by atoms with Crippen LogP contribution in [0.5, 0.6) is 11.5 Å². The van der Waals surface area contributed by atoms with Crippen LogP contribution in [0.15, 0.2) is 76.0 Å². The Hall–Kier alpha value is -4.12. The maximum atomic E-state index is 13.4. The smallest absolute Gasteiger partial charge is 0.336 e. The van der Waals surface area contributed by atoms with Crippen molar-refractivity contribution in [1.29, 1.82) is 0 Å². The molecule has 0 atom stereocenters. The highest BCUT2D eigenvalue weighted by molar-refractivity contribution is 5.91. The Labute approximate surface area is 191 Å². The zero-order chi connectivity index (χ0) is 23.5. The molecule has 0 radical (unpaired) electrons. The fourth-order valence-electron chi connectivity index (χ4n) is 3.67. The normalized spacial score (nSPS) is 11.2. The molecule has 0 amide bonds. The van der Waals surface area contributed by atoms with E-state index in [1.807, 2.05) is 51.1 Å². The highest BCUT2D eigenvalue weighted by Crippen LogP contribution is 2.33. The molecule has 0 bridgehead atoms. The van der Waals surface area contributed by atoms with Gasteiger partial charge in [-0.1, -0.05) is 35.9 Å². The number of rotatable bonds is 5. The van der Waals surface area contributed by atoms with E-state index in [1.54, 1.807) is 43.5 Å². The van der Waals surface area contributed by atoms with Crippen LogP contribution in [-0.2, 0) is 4.79 Å². The van der Waals surface area contributed by atoms with Gasteiger partial charge in [-0.2, -0.15) is 0 Å². The van der Waals surface area contributed by atoms with Crippen LogP contribution >= 0.6 is 0 Å². The van der Waals surface area contributed by atoms with Crippen molar-refractivity contribution in [1.82, 2.24) is 0 Å². The van der Waals surface area contributed by atoms with E-state index in [1.165, 1.54) is 6.08 Å². The van der Waals surface area contributed by atoms with Crippen molar-refractivity contribution in [3.8, 4) is 22.8 Å². The summed E-state index contributed by atoms with van der Waals surface area (Å²) in [6.45, 7) is 5.76. The van der Waals surface area contributed by atoms with Crippen LogP contribution in [0.2, 0.25) is 0 Å². The summed E-state index contributed by atoms with van der Waals surface area (Å²) in [5, 5.41) is 0.392. The maximum absolute atomic E-state index is 13.4. The first kappa shape index (κ1) is 22.1. The van der Waals surface area contributed by atoms with Crippen molar-refractivity contribution in [2.75, 3.05) is 7.11 Å². The summed E-state index contributed by atoms with van der Waals surface area (Å²) >= 11 is 0. The second kappa shape index (κ2) is 9.17. The first-order chi connectivity index (χ1) is 15.9. The fraction of sp³-hybridized carbons (Fsp3) is 0.143. The van der Waals surface area contributed by atoms with Crippen LogP contribution in [-0.4, -0.2) is 13.1 Å². The number of ether oxygens (including phenoxy) is 2. The van der Waals surface area contributed by atoms with Crippen LogP contribution in [0.25, 0.3) is 28.4 Å². The van der Waals surface area contributed by atoms with Crippen molar-refractivity contribution < 1.29 is 18.7 Å². The molecule has 5 heteroatoms. The van der Waals surface area contributed by atoms with Gasteiger partial charge in [0.1, 0.15) is 11.3 Å². The molecule has 4 rings (SSSR count). The average molecular weight is 440 g/mol. The Bertz CT molecular complexity index is 1410. The van der Waals surface area contributed by atoms with Gasteiger partial charge in [0.2, 0.25) is 11.2 Å². The van der Waals surface area contributed by atoms with Crippen molar-refractivity contribution >= 4 is 23.0 Å². The van der Waals surface area contributed by atoms with Crippen LogP contribution < -0.4 is 14.9 Å². The lowest BCUT2D eigenvalue weighted by molar-refractivity contribution is -0.129. The molecule has 33 heavy (non-hydrogen) atoms. The summed E-state index contributed by atoms with van der Waals surface area (Å²) < 4.78 is 16.9. The predicted octanol–water partition coefficient (Wildman–Crippen LogP) is 6.01. The molecule has 0 fully saturated rings. The van der Waals surface area contributed by atoms with Crippen molar-refractivity contribution in [2.24, 2.45) is 0 Å². The van der Waals surface area contributed by atoms with Gasteiger partial charge in [-0.3, -0.25) is 4.79 Å². The molecule has 3 aromatic carbocycles. The molecule has 0 unspecified atom stereocenters. The first-order valence-electron chi connectivity index (χ1n) is 10.5. The lowest BCUT2D eigenvalue weighted by Crippen LogP contribution is -2.15. The Kier molecular flexibility index (Phi) is 6.13. The van der Waals surface area contributed by atoms with Gasteiger partial charge in [-0.15, -0.1) is 0 Å². The Morgan fingerprint density at radius 3 is 2.27 bits per heavy atom. The Morgan fingerprint density at radius 2 is 1.61 bits per heavy atom. The van der Waals surface area contributed by atoms with Gasteiger partial charge >= 0.3 is 5.97 Å². The Balaban J connectivity index is 1.80. The molecule has 0 saturated carbocycles.